The maximum absolute atomic E-state index is 12.7. The maximum Gasteiger partial charge on any atom is 0.409 e. The van der Waals surface area contributed by atoms with Crippen LogP contribution in [0.1, 0.15) is 39.2 Å². The average Bonchev–Trinajstić information content (AvgIpc) is 2.65. The first-order valence-electron chi connectivity index (χ1n) is 9.49. The number of nitrogens with one attached hydrogen (secondary N) is 1. The molecule has 0 atom stereocenters. The SMILES string of the molecule is CCOC(=O)N1CCC(NCC(=O)N(Cc2ccccc2)C(C)C)CC1. The number of benzene rings is 1. The van der Waals surface area contributed by atoms with E-state index in [1.807, 2.05) is 56.0 Å². The fourth-order valence-corrected chi connectivity index (χ4v) is 3.15. The monoisotopic (exact) mass is 361 g/mol. The molecule has 0 radical (unpaired) electrons. The van der Waals surface area contributed by atoms with Crippen molar-refractivity contribution in [2.45, 2.75) is 52.2 Å². The van der Waals surface area contributed by atoms with Crippen LogP contribution in [0.2, 0.25) is 0 Å². The molecule has 26 heavy (non-hydrogen) atoms. The van der Waals surface area contributed by atoms with Crippen molar-refractivity contribution >= 4 is 12.0 Å². The molecule has 0 bridgehead atoms. The zero-order chi connectivity index (χ0) is 18.9. The fraction of sp³-hybridized carbons (Fsp3) is 0.600. The van der Waals surface area contributed by atoms with Crippen molar-refractivity contribution in [2.75, 3.05) is 26.2 Å². The smallest absolute Gasteiger partial charge is 0.409 e. The van der Waals surface area contributed by atoms with Crippen LogP contribution in [0.3, 0.4) is 0 Å². The van der Waals surface area contributed by atoms with Crippen molar-refractivity contribution in [1.29, 1.82) is 0 Å². The molecular formula is C20H31N3O3. The van der Waals surface area contributed by atoms with Gasteiger partial charge in [0.05, 0.1) is 13.2 Å². The van der Waals surface area contributed by atoms with Crippen LogP contribution in [0.15, 0.2) is 30.3 Å². The summed E-state index contributed by atoms with van der Waals surface area (Å²) in [6, 6.07) is 10.5. The van der Waals surface area contributed by atoms with Gasteiger partial charge in [0.1, 0.15) is 0 Å². The molecule has 0 aliphatic carbocycles. The summed E-state index contributed by atoms with van der Waals surface area (Å²) in [6.07, 6.45) is 1.44. The summed E-state index contributed by atoms with van der Waals surface area (Å²) in [5.41, 5.74) is 1.14. The Labute approximate surface area is 156 Å². The van der Waals surface area contributed by atoms with E-state index < -0.39 is 0 Å². The third-order valence-electron chi connectivity index (χ3n) is 4.70. The summed E-state index contributed by atoms with van der Waals surface area (Å²) in [7, 11) is 0. The van der Waals surface area contributed by atoms with E-state index in [1.165, 1.54) is 0 Å². The van der Waals surface area contributed by atoms with Crippen LogP contribution >= 0.6 is 0 Å². The minimum absolute atomic E-state index is 0.108. The molecule has 0 saturated carbocycles. The van der Waals surface area contributed by atoms with Crippen LogP contribution in [-0.2, 0) is 16.1 Å². The van der Waals surface area contributed by atoms with Gasteiger partial charge in [0.2, 0.25) is 5.91 Å². The predicted octanol–water partition coefficient (Wildman–Crippen LogP) is 2.63. The van der Waals surface area contributed by atoms with Gasteiger partial charge < -0.3 is 19.9 Å². The number of likely N-dealkylation sites (tertiary alicyclic amines) is 1. The molecule has 0 unspecified atom stereocenters. The summed E-state index contributed by atoms with van der Waals surface area (Å²) < 4.78 is 5.03. The molecule has 1 aliphatic rings. The third-order valence-corrected chi connectivity index (χ3v) is 4.70. The molecule has 1 aliphatic heterocycles. The number of carbonyl (C=O) groups excluding carboxylic acids is 2. The van der Waals surface area contributed by atoms with E-state index in [4.69, 9.17) is 4.74 Å². The van der Waals surface area contributed by atoms with Gasteiger partial charge in [-0.1, -0.05) is 30.3 Å². The molecule has 6 heteroatoms. The number of carbonyl (C=O) groups is 2. The lowest BCUT2D eigenvalue weighted by Crippen LogP contribution is -2.48. The Bertz CT molecular complexity index is 569. The molecule has 1 fully saturated rings. The number of hydrogen-bond donors (Lipinski definition) is 1. The number of nitrogens with zero attached hydrogens (tertiary/aromatic N) is 2. The lowest BCUT2D eigenvalue weighted by molar-refractivity contribution is -0.132. The zero-order valence-electron chi connectivity index (χ0n) is 16.1. The second-order valence-electron chi connectivity index (χ2n) is 6.94. The molecule has 2 rings (SSSR count). The van der Waals surface area contributed by atoms with Crippen molar-refractivity contribution in [1.82, 2.24) is 15.1 Å². The van der Waals surface area contributed by atoms with Gasteiger partial charge in [0.25, 0.3) is 0 Å². The number of rotatable bonds is 7. The minimum atomic E-state index is -0.240. The first-order valence-corrected chi connectivity index (χ1v) is 9.49. The Kier molecular flexibility index (Phi) is 7.91. The van der Waals surface area contributed by atoms with Crippen molar-refractivity contribution in [3.8, 4) is 0 Å². The summed E-state index contributed by atoms with van der Waals surface area (Å²) in [5.74, 6) is 0.108. The third kappa shape index (κ3) is 6.02. The van der Waals surface area contributed by atoms with E-state index in [1.54, 1.807) is 4.90 Å². The molecule has 0 aromatic heterocycles. The number of ether oxygens (including phenoxy) is 1. The van der Waals surface area contributed by atoms with E-state index in [2.05, 4.69) is 5.32 Å². The molecule has 1 N–H and O–H groups in total. The highest BCUT2D eigenvalue weighted by Crippen LogP contribution is 2.12. The van der Waals surface area contributed by atoms with Crippen LogP contribution < -0.4 is 5.32 Å². The van der Waals surface area contributed by atoms with E-state index in [0.717, 1.165) is 18.4 Å². The highest BCUT2D eigenvalue weighted by atomic mass is 16.6. The first-order chi connectivity index (χ1) is 12.5. The van der Waals surface area contributed by atoms with Gasteiger partial charge in [0.15, 0.2) is 0 Å². The van der Waals surface area contributed by atoms with Crippen LogP contribution in [0.4, 0.5) is 4.79 Å². The first kappa shape index (κ1) is 20.2. The van der Waals surface area contributed by atoms with Gasteiger partial charge in [0, 0.05) is 31.7 Å². The Balaban J connectivity index is 1.79. The van der Waals surface area contributed by atoms with Gasteiger partial charge >= 0.3 is 6.09 Å². The van der Waals surface area contributed by atoms with Gasteiger partial charge in [-0.15, -0.1) is 0 Å². The second-order valence-corrected chi connectivity index (χ2v) is 6.94. The Morgan fingerprint density at radius 2 is 1.88 bits per heavy atom. The van der Waals surface area contributed by atoms with Crippen LogP contribution in [0, 0.1) is 0 Å². The molecule has 1 heterocycles. The van der Waals surface area contributed by atoms with E-state index in [9.17, 15) is 9.59 Å². The molecular weight excluding hydrogens is 330 g/mol. The van der Waals surface area contributed by atoms with Gasteiger partial charge in [-0.25, -0.2) is 4.79 Å². The standard InChI is InChI=1S/C20H31N3O3/c1-4-26-20(25)22-12-10-18(11-13-22)21-14-19(24)23(16(2)3)15-17-8-6-5-7-9-17/h5-9,16,18,21H,4,10-15H2,1-3H3. The highest BCUT2D eigenvalue weighted by molar-refractivity contribution is 5.78. The molecule has 1 saturated heterocycles. The molecule has 1 aromatic rings. The number of piperidine rings is 1. The number of hydrogen-bond acceptors (Lipinski definition) is 4. The zero-order valence-corrected chi connectivity index (χ0v) is 16.1. The molecule has 0 spiro atoms. The van der Waals surface area contributed by atoms with E-state index >= 15 is 0 Å². The lowest BCUT2D eigenvalue weighted by Gasteiger charge is -2.32. The van der Waals surface area contributed by atoms with E-state index in [0.29, 0.717) is 32.8 Å². The van der Waals surface area contributed by atoms with Crippen molar-refractivity contribution in [3.63, 3.8) is 0 Å². The largest absolute Gasteiger partial charge is 0.450 e. The Morgan fingerprint density at radius 1 is 1.23 bits per heavy atom. The summed E-state index contributed by atoms with van der Waals surface area (Å²) in [5, 5.41) is 3.36. The predicted molar refractivity (Wildman–Crippen MR) is 102 cm³/mol. The van der Waals surface area contributed by atoms with Crippen LogP contribution in [-0.4, -0.2) is 60.1 Å². The van der Waals surface area contributed by atoms with Crippen molar-refractivity contribution < 1.29 is 14.3 Å². The van der Waals surface area contributed by atoms with Crippen LogP contribution in [0.5, 0.6) is 0 Å². The molecule has 2 amide bonds. The van der Waals surface area contributed by atoms with Gasteiger partial charge in [-0.2, -0.15) is 0 Å². The Morgan fingerprint density at radius 3 is 2.46 bits per heavy atom. The summed E-state index contributed by atoms with van der Waals surface area (Å²) in [6.45, 7) is 8.59. The quantitative estimate of drug-likeness (QED) is 0.811. The molecule has 144 valence electrons. The highest BCUT2D eigenvalue weighted by Gasteiger charge is 2.24. The topological polar surface area (TPSA) is 61.9 Å². The van der Waals surface area contributed by atoms with Gasteiger partial charge in [-0.3, -0.25) is 4.79 Å². The Hall–Kier alpha value is -2.08. The molecule has 1 aromatic carbocycles. The maximum atomic E-state index is 12.7. The van der Waals surface area contributed by atoms with Gasteiger partial charge in [-0.05, 0) is 39.2 Å². The molecule has 6 nitrogen and oxygen atoms in total. The fourth-order valence-electron chi connectivity index (χ4n) is 3.15. The summed E-state index contributed by atoms with van der Waals surface area (Å²) in [4.78, 5) is 28.0. The average molecular weight is 361 g/mol. The van der Waals surface area contributed by atoms with Crippen molar-refractivity contribution in [3.05, 3.63) is 35.9 Å². The lowest BCUT2D eigenvalue weighted by atomic mass is 10.1. The number of amides is 2. The summed E-state index contributed by atoms with van der Waals surface area (Å²) >= 11 is 0. The normalized spacial score (nSPS) is 15.2. The minimum Gasteiger partial charge on any atom is -0.450 e. The second kappa shape index (κ2) is 10.2. The van der Waals surface area contributed by atoms with Crippen LogP contribution in [0.25, 0.3) is 0 Å². The van der Waals surface area contributed by atoms with E-state index in [-0.39, 0.29) is 24.1 Å². The van der Waals surface area contributed by atoms with Crippen molar-refractivity contribution in [2.24, 2.45) is 0 Å².